The molecule has 1 N–H and O–H groups in total. The van der Waals surface area contributed by atoms with Gasteiger partial charge in [-0.1, -0.05) is 19.1 Å². The number of nitrogens with one attached hydrogen (secondary N) is 1. The molecule has 0 fully saturated rings. The number of hydrogen-bond donors (Lipinski definition) is 1. The summed E-state index contributed by atoms with van der Waals surface area (Å²) < 4.78 is 6.00. The van der Waals surface area contributed by atoms with Crippen molar-refractivity contribution in [2.75, 3.05) is 6.54 Å². The van der Waals surface area contributed by atoms with Crippen LogP contribution in [0.3, 0.4) is 0 Å². The molecular formula is C15H25NO. The summed E-state index contributed by atoms with van der Waals surface area (Å²) in [6.07, 6.45) is 1.27. The fourth-order valence-electron chi connectivity index (χ4n) is 2.03. The van der Waals surface area contributed by atoms with Crippen molar-refractivity contribution >= 4 is 0 Å². The molecule has 2 nitrogen and oxygen atoms in total. The average Bonchev–Trinajstić information content (AvgIpc) is 2.23. The van der Waals surface area contributed by atoms with E-state index in [1.165, 1.54) is 11.1 Å². The van der Waals surface area contributed by atoms with Crippen molar-refractivity contribution in [1.82, 2.24) is 5.32 Å². The molecule has 0 saturated heterocycles. The molecule has 0 heterocycles. The van der Waals surface area contributed by atoms with E-state index in [9.17, 15) is 0 Å². The Morgan fingerprint density at radius 1 is 1.24 bits per heavy atom. The van der Waals surface area contributed by atoms with Crippen LogP contribution in [0.1, 0.15) is 38.3 Å². The third-order valence-electron chi connectivity index (χ3n) is 2.91. The van der Waals surface area contributed by atoms with E-state index in [0.717, 1.165) is 18.7 Å². The summed E-state index contributed by atoms with van der Waals surface area (Å²) >= 11 is 0. The maximum absolute atomic E-state index is 6.00. The zero-order chi connectivity index (χ0) is 12.8. The van der Waals surface area contributed by atoms with Crippen LogP contribution in [0.4, 0.5) is 0 Å². The van der Waals surface area contributed by atoms with Gasteiger partial charge in [0, 0.05) is 6.04 Å². The molecule has 1 aromatic carbocycles. The molecular weight excluding hydrogens is 210 g/mol. The highest BCUT2D eigenvalue weighted by atomic mass is 16.5. The molecule has 2 unspecified atom stereocenters. The smallest absolute Gasteiger partial charge is 0.122 e. The van der Waals surface area contributed by atoms with E-state index in [2.05, 4.69) is 58.1 Å². The fourth-order valence-corrected chi connectivity index (χ4v) is 2.03. The van der Waals surface area contributed by atoms with E-state index in [4.69, 9.17) is 4.74 Å². The third-order valence-corrected chi connectivity index (χ3v) is 2.91. The second-order valence-electron chi connectivity index (χ2n) is 4.89. The van der Waals surface area contributed by atoms with Gasteiger partial charge in [0.05, 0.1) is 6.10 Å². The van der Waals surface area contributed by atoms with Crippen molar-refractivity contribution in [3.63, 3.8) is 0 Å². The lowest BCUT2D eigenvalue weighted by atomic mass is 10.1. The Morgan fingerprint density at radius 3 is 2.59 bits per heavy atom. The van der Waals surface area contributed by atoms with Gasteiger partial charge in [0.2, 0.25) is 0 Å². The zero-order valence-corrected chi connectivity index (χ0v) is 11.7. The number of rotatable bonds is 6. The Bertz CT molecular complexity index is 349. The molecule has 0 aliphatic heterocycles. The van der Waals surface area contributed by atoms with Crippen molar-refractivity contribution in [1.29, 1.82) is 0 Å². The van der Waals surface area contributed by atoms with Crippen LogP contribution >= 0.6 is 0 Å². The van der Waals surface area contributed by atoms with Gasteiger partial charge in [0.25, 0.3) is 0 Å². The Labute approximate surface area is 105 Å². The van der Waals surface area contributed by atoms with Gasteiger partial charge in [-0.2, -0.15) is 0 Å². The summed E-state index contributed by atoms with van der Waals surface area (Å²) in [5.74, 6) is 1.01. The topological polar surface area (TPSA) is 21.3 Å². The first-order valence-corrected chi connectivity index (χ1v) is 6.50. The van der Waals surface area contributed by atoms with E-state index < -0.39 is 0 Å². The van der Waals surface area contributed by atoms with Crippen molar-refractivity contribution in [3.05, 3.63) is 29.3 Å². The van der Waals surface area contributed by atoms with Crippen molar-refractivity contribution < 1.29 is 4.74 Å². The van der Waals surface area contributed by atoms with Crippen LogP contribution in [0.25, 0.3) is 0 Å². The first-order valence-electron chi connectivity index (χ1n) is 6.50. The molecule has 0 amide bonds. The SMILES string of the molecule is CCNC(C)CC(C)Oc1cc(C)ccc1C. The van der Waals surface area contributed by atoms with Gasteiger partial charge in [0.15, 0.2) is 0 Å². The molecule has 0 saturated carbocycles. The number of aryl methyl sites for hydroxylation is 2. The highest BCUT2D eigenvalue weighted by molar-refractivity contribution is 5.36. The van der Waals surface area contributed by atoms with Gasteiger partial charge >= 0.3 is 0 Å². The highest BCUT2D eigenvalue weighted by Gasteiger charge is 2.10. The lowest BCUT2D eigenvalue weighted by Crippen LogP contribution is -2.30. The van der Waals surface area contributed by atoms with Crippen LogP contribution < -0.4 is 10.1 Å². The van der Waals surface area contributed by atoms with Gasteiger partial charge in [-0.15, -0.1) is 0 Å². The number of ether oxygens (including phenoxy) is 1. The Morgan fingerprint density at radius 2 is 1.94 bits per heavy atom. The van der Waals surface area contributed by atoms with Gasteiger partial charge < -0.3 is 10.1 Å². The van der Waals surface area contributed by atoms with Gasteiger partial charge in [-0.3, -0.25) is 0 Å². The fraction of sp³-hybridized carbons (Fsp3) is 0.600. The first-order chi connectivity index (χ1) is 8.02. The van der Waals surface area contributed by atoms with Gasteiger partial charge in [0.1, 0.15) is 5.75 Å². The standard InChI is InChI=1S/C15H25NO/c1-6-16-13(4)10-14(5)17-15-9-11(2)7-8-12(15)3/h7-9,13-14,16H,6,10H2,1-5H3. The number of benzene rings is 1. The summed E-state index contributed by atoms with van der Waals surface area (Å²) in [4.78, 5) is 0. The first kappa shape index (κ1) is 14.0. The summed E-state index contributed by atoms with van der Waals surface area (Å²) in [7, 11) is 0. The summed E-state index contributed by atoms with van der Waals surface area (Å²) in [5, 5.41) is 3.41. The normalized spacial score (nSPS) is 14.4. The second kappa shape index (κ2) is 6.65. The number of hydrogen-bond acceptors (Lipinski definition) is 2. The Kier molecular flexibility index (Phi) is 5.49. The molecule has 0 aliphatic carbocycles. The Hall–Kier alpha value is -1.02. The molecule has 2 heteroatoms. The molecule has 0 bridgehead atoms. The quantitative estimate of drug-likeness (QED) is 0.815. The summed E-state index contributed by atoms with van der Waals surface area (Å²) in [6.45, 7) is 11.7. The molecule has 1 aromatic rings. The van der Waals surface area contributed by atoms with Crippen LogP contribution in [-0.2, 0) is 0 Å². The molecule has 0 radical (unpaired) electrons. The molecule has 2 atom stereocenters. The lowest BCUT2D eigenvalue weighted by Gasteiger charge is -2.20. The predicted octanol–water partition coefficient (Wildman–Crippen LogP) is 3.46. The van der Waals surface area contributed by atoms with Crippen molar-refractivity contribution in [3.8, 4) is 5.75 Å². The van der Waals surface area contributed by atoms with E-state index in [1.807, 2.05) is 0 Å². The second-order valence-corrected chi connectivity index (χ2v) is 4.89. The highest BCUT2D eigenvalue weighted by Crippen LogP contribution is 2.21. The van der Waals surface area contributed by atoms with E-state index in [-0.39, 0.29) is 6.10 Å². The minimum Gasteiger partial charge on any atom is -0.490 e. The van der Waals surface area contributed by atoms with Crippen LogP contribution in [0.5, 0.6) is 5.75 Å². The zero-order valence-electron chi connectivity index (χ0n) is 11.7. The van der Waals surface area contributed by atoms with E-state index in [1.54, 1.807) is 0 Å². The van der Waals surface area contributed by atoms with E-state index in [0.29, 0.717) is 6.04 Å². The largest absolute Gasteiger partial charge is 0.490 e. The van der Waals surface area contributed by atoms with Crippen LogP contribution in [-0.4, -0.2) is 18.7 Å². The molecule has 0 aromatic heterocycles. The Balaban J connectivity index is 2.55. The maximum atomic E-state index is 6.00. The average molecular weight is 235 g/mol. The lowest BCUT2D eigenvalue weighted by molar-refractivity contribution is 0.195. The molecule has 96 valence electrons. The van der Waals surface area contributed by atoms with Crippen molar-refractivity contribution in [2.45, 2.75) is 53.2 Å². The van der Waals surface area contributed by atoms with Gasteiger partial charge in [-0.25, -0.2) is 0 Å². The summed E-state index contributed by atoms with van der Waals surface area (Å²) in [5.41, 5.74) is 2.45. The molecule has 1 rings (SSSR count). The summed E-state index contributed by atoms with van der Waals surface area (Å²) in [6, 6.07) is 6.85. The maximum Gasteiger partial charge on any atom is 0.122 e. The third kappa shape index (κ3) is 4.78. The van der Waals surface area contributed by atoms with Gasteiger partial charge in [-0.05, 0) is 57.9 Å². The van der Waals surface area contributed by atoms with Crippen LogP contribution in [0.15, 0.2) is 18.2 Å². The molecule has 17 heavy (non-hydrogen) atoms. The molecule has 0 aliphatic rings. The monoisotopic (exact) mass is 235 g/mol. The molecule has 0 spiro atoms. The van der Waals surface area contributed by atoms with Crippen LogP contribution in [0.2, 0.25) is 0 Å². The minimum absolute atomic E-state index is 0.240. The predicted molar refractivity (Wildman–Crippen MR) is 73.8 cm³/mol. The van der Waals surface area contributed by atoms with Crippen molar-refractivity contribution in [2.24, 2.45) is 0 Å². The van der Waals surface area contributed by atoms with Crippen LogP contribution in [0, 0.1) is 13.8 Å². The van der Waals surface area contributed by atoms with E-state index >= 15 is 0 Å². The minimum atomic E-state index is 0.240.